The first-order chi connectivity index (χ1) is 13.9. The average Bonchev–Trinajstić information content (AvgIpc) is 3.01. The molecule has 1 heterocycles. The third kappa shape index (κ3) is 4.51. The van der Waals surface area contributed by atoms with E-state index in [1.165, 1.54) is 12.1 Å². The van der Waals surface area contributed by atoms with Crippen LogP contribution in [0, 0.1) is 19.7 Å². The molecule has 3 aromatic rings. The third-order valence-corrected chi connectivity index (χ3v) is 5.44. The van der Waals surface area contributed by atoms with Crippen LogP contribution in [0.15, 0.2) is 59.5 Å². The van der Waals surface area contributed by atoms with Crippen molar-refractivity contribution < 1.29 is 14.0 Å². The molecule has 150 valence electrons. The Balaban J connectivity index is 1.76. The van der Waals surface area contributed by atoms with Crippen molar-refractivity contribution in [1.29, 1.82) is 0 Å². The Morgan fingerprint density at radius 2 is 1.59 bits per heavy atom. The molecule has 0 unspecified atom stereocenters. The summed E-state index contributed by atoms with van der Waals surface area (Å²) in [4.78, 5) is 26.0. The normalized spacial score (nSPS) is 10.6. The van der Waals surface area contributed by atoms with Gasteiger partial charge in [-0.25, -0.2) is 4.39 Å². The van der Waals surface area contributed by atoms with Crippen LogP contribution in [0.5, 0.6) is 0 Å². The number of thioether (sulfide) groups is 1. The Hall–Kier alpha value is -3.06. The lowest BCUT2D eigenvalue weighted by Crippen LogP contribution is -2.42. The number of aryl methyl sites for hydroxylation is 1. The molecule has 2 N–H and O–H groups in total. The van der Waals surface area contributed by atoms with Gasteiger partial charge in [0.15, 0.2) is 0 Å². The lowest BCUT2D eigenvalue weighted by Gasteiger charge is -2.11. The number of carbonyl (C=O) groups excluding carboxylic acids is 2. The molecule has 0 aliphatic carbocycles. The molecule has 0 spiro atoms. The zero-order valence-corrected chi connectivity index (χ0v) is 17.3. The highest BCUT2D eigenvalue weighted by Gasteiger charge is 2.18. The first-order valence-electron chi connectivity index (χ1n) is 9.19. The van der Waals surface area contributed by atoms with Gasteiger partial charge in [0.05, 0.1) is 11.1 Å². The molecule has 0 fully saturated rings. The molecular formula is C22H22FN3O2S. The Morgan fingerprint density at radius 3 is 2.24 bits per heavy atom. The van der Waals surface area contributed by atoms with Gasteiger partial charge in [-0.3, -0.25) is 20.4 Å². The van der Waals surface area contributed by atoms with Gasteiger partial charge in [-0.05, 0) is 62.1 Å². The minimum absolute atomic E-state index is 0.321. The van der Waals surface area contributed by atoms with Gasteiger partial charge in [-0.1, -0.05) is 19.1 Å². The SMILES string of the molecule is CCSc1ccccc1C(=O)NNC(=O)c1cc(C)n(-c2ccc(F)cc2)c1C. The molecule has 0 radical (unpaired) electrons. The van der Waals surface area contributed by atoms with Gasteiger partial charge in [-0.15, -0.1) is 11.8 Å². The number of halogens is 1. The van der Waals surface area contributed by atoms with Crippen LogP contribution in [0.2, 0.25) is 0 Å². The summed E-state index contributed by atoms with van der Waals surface area (Å²) < 4.78 is 15.1. The Labute approximate surface area is 173 Å². The Kier molecular flexibility index (Phi) is 6.39. The van der Waals surface area contributed by atoms with Crippen molar-refractivity contribution in [2.24, 2.45) is 0 Å². The van der Waals surface area contributed by atoms with Crippen molar-refractivity contribution in [1.82, 2.24) is 15.4 Å². The summed E-state index contributed by atoms with van der Waals surface area (Å²) in [6.45, 7) is 5.68. The number of nitrogens with one attached hydrogen (secondary N) is 2. The average molecular weight is 412 g/mol. The summed E-state index contributed by atoms with van der Waals surface area (Å²) in [5, 5.41) is 0. The summed E-state index contributed by atoms with van der Waals surface area (Å²) in [5.74, 6) is -0.271. The van der Waals surface area contributed by atoms with Gasteiger partial charge in [0.2, 0.25) is 0 Å². The molecule has 3 rings (SSSR count). The molecule has 29 heavy (non-hydrogen) atoms. The van der Waals surface area contributed by atoms with Crippen molar-refractivity contribution in [2.45, 2.75) is 25.7 Å². The maximum absolute atomic E-state index is 13.2. The highest BCUT2D eigenvalue weighted by Crippen LogP contribution is 2.23. The van der Waals surface area contributed by atoms with E-state index < -0.39 is 5.91 Å². The van der Waals surface area contributed by atoms with E-state index in [2.05, 4.69) is 10.9 Å². The molecule has 0 aliphatic rings. The van der Waals surface area contributed by atoms with Crippen LogP contribution in [0.3, 0.4) is 0 Å². The van der Waals surface area contributed by atoms with E-state index in [-0.39, 0.29) is 11.7 Å². The number of hydrogen-bond donors (Lipinski definition) is 2. The van der Waals surface area contributed by atoms with Crippen LogP contribution in [-0.2, 0) is 0 Å². The van der Waals surface area contributed by atoms with E-state index >= 15 is 0 Å². The zero-order valence-electron chi connectivity index (χ0n) is 16.5. The summed E-state index contributed by atoms with van der Waals surface area (Å²) in [7, 11) is 0. The number of hydrazine groups is 1. The van der Waals surface area contributed by atoms with Crippen LogP contribution in [0.1, 0.15) is 39.0 Å². The maximum atomic E-state index is 13.2. The van der Waals surface area contributed by atoms with E-state index in [9.17, 15) is 14.0 Å². The van der Waals surface area contributed by atoms with Crippen LogP contribution < -0.4 is 10.9 Å². The summed E-state index contributed by atoms with van der Waals surface area (Å²) in [5.41, 5.74) is 8.21. The molecule has 0 bridgehead atoms. The van der Waals surface area contributed by atoms with E-state index in [1.807, 2.05) is 30.5 Å². The van der Waals surface area contributed by atoms with Gasteiger partial charge < -0.3 is 4.57 Å². The van der Waals surface area contributed by atoms with Gasteiger partial charge in [0, 0.05) is 22.0 Å². The van der Waals surface area contributed by atoms with E-state index in [4.69, 9.17) is 0 Å². The lowest BCUT2D eigenvalue weighted by molar-refractivity contribution is 0.0844. The fourth-order valence-corrected chi connectivity index (χ4v) is 3.97. The number of nitrogens with zero attached hydrogens (tertiary/aromatic N) is 1. The molecule has 7 heteroatoms. The lowest BCUT2D eigenvalue weighted by atomic mass is 10.2. The first-order valence-corrected chi connectivity index (χ1v) is 10.2. The molecule has 0 atom stereocenters. The van der Waals surface area contributed by atoms with Crippen molar-refractivity contribution in [3.63, 3.8) is 0 Å². The van der Waals surface area contributed by atoms with Gasteiger partial charge in [0.1, 0.15) is 5.82 Å². The number of carbonyl (C=O) groups is 2. The smallest absolute Gasteiger partial charge is 0.271 e. The Morgan fingerprint density at radius 1 is 0.966 bits per heavy atom. The highest BCUT2D eigenvalue weighted by atomic mass is 32.2. The van der Waals surface area contributed by atoms with Crippen LogP contribution in [-0.4, -0.2) is 22.1 Å². The monoisotopic (exact) mass is 411 g/mol. The van der Waals surface area contributed by atoms with Gasteiger partial charge in [0.25, 0.3) is 11.8 Å². The third-order valence-electron chi connectivity index (χ3n) is 4.48. The minimum atomic E-state index is -0.416. The second-order valence-corrected chi connectivity index (χ2v) is 7.74. The molecule has 0 saturated carbocycles. The summed E-state index contributed by atoms with van der Waals surface area (Å²) in [6.07, 6.45) is 0. The number of rotatable bonds is 5. The quantitative estimate of drug-likeness (QED) is 0.483. The van der Waals surface area contributed by atoms with Crippen LogP contribution in [0.25, 0.3) is 5.69 Å². The van der Waals surface area contributed by atoms with Crippen LogP contribution >= 0.6 is 11.8 Å². The van der Waals surface area contributed by atoms with Crippen molar-refractivity contribution >= 4 is 23.6 Å². The predicted octanol–water partition coefficient (Wildman–Crippen LogP) is 4.42. The van der Waals surface area contributed by atoms with Gasteiger partial charge >= 0.3 is 0 Å². The van der Waals surface area contributed by atoms with Crippen molar-refractivity contribution in [3.8, 4) is 5.69 Å². The summed E-state index contributed by atoms with van der Waals surface area (Å²) in [6, 6.07) is 15.1. The molecule has 0 saturated heterocycles. The first kappa shape index (κ1) is 20.7. The largest absolute Gasteiger partial charge is 0.318 e. The van der Waals surface area contributed by atoms with E-state index in [0.717, 1.165) is 22.0 Å². The molecule has 0 aliphatic heterocycles. The topological polar surface area (TPSA) is 63.1 Å². The molecule has 1 aromatic heterocycles. The standard InChI is InChI=1S/C22H22FN3O2S/c1-4-29-20-8-6-5-7-18(20)21(27)24-25-22(28)19-13-14(2)26(15(19)3)17-11-9-16(23)10-12-17/h5-13H,4H2,1-3H3,(H,24,27)(H,25,28). The minimum Gasteiger partial charge on any atom is -0.318 e. The van der Waals surface area contributed by atoms with E-state index in [1.54, 1.807) is 49.0 Å². The zero-order chi connectivity index (χ0) is 21.0. The van der Waals surface area contributed by atoms with Crippen LogP contribution in [0.4, 0.5) is 4.39 Å². The second-order valence-electron chi connectivity index (χ2n) is 6.43. The fraction of sp³-hybridized carbons (Fsp3) is 0.182. The molecular weight excluding hydrogens is 389 g/mol. The predicted molar refractivity (Wildman–Crippen MR) is 113 cm³/mol. The number of amides is 2. The second kappa shape index (κ2) is 8.96. The fourth-order valence-electron chi connectivity index (χ4n) is 3.16. The summed E-state index contributed by atoms with van der Waals surface area (Å²) >= 11 is 1.56. The van der Waals surface area contributed by atoms with Crippen molar-refractivity contribution in [3.05, 3.63) is 82.9 Å². The number of hydrogen-bond acceptors (Lipinski definition) is 3. The molecule has 5 nitrogen and oxygen atoms in total. The van der Waals surface area contributed by atoms with E-state index in [0.29, 0.717) is 16.8 Å². The van der Waals surface area contributed by atoms with Crippen molar-refractivity contribution in [2.75, 3.05) is 5.75 Å². The maximum Gasteiger partial charge on any atom is 0.271 e. The molecule has 2 amide bonds. The van der Waals surface area contributed by atoms with Gasteiger partial charge in [-0.2, -0.15) is 0 Å². The Bertz CT molecular complexity index is 1040. The highest BCUT2D eigenvalue weighted by molar-refractivity contribution is 7.99. The number of benzene rings is 2. The number of aromatic nitrogens is 1. The molecule has 2 aromatic carbocycles.